The summed E-state index contributed by atoms with van der Waals surface area (Å²) in [6, 6.07) is 0. The molecule has 0 aliphatic rings. The van der Waals surface area contributed by atoms with Gasteiger partial charge in [-0.1, -0.05) is 12.2 Å². The van der Waals surface area contributed by atoms with E-state index < -0.39 is 0 Å². The predicted molar refractivity (Wildman–Crippen MR) is 60.5 cm³/mol. The lowest BCUT2D eigenvalue weighted by molar-refractivity contribution is 1.21. The molecule has 0 saturated heterocycles. The Labute approximate surface area is 80.8 Å². The Morgan fingerprint density at radius 3 is 1.77 bits per heavy atom. The molecule has 2 nitrogen and oxygen atoms in total. The zero-order valence-corrected chi connectivity index (χ0v) is 9.13. The van der Waals surface area contributed by atoms with E-state index in [0.29, 0.717) is 0 Å². The van der Waals surface area contributed by atoms with Gasteiger partial charge < -0.3 is 0 Å². The van der Waals surface area contributed by atoms with E-state index in [-0.39, 0.29) is 0 Å². The van der Waals surface area contributed by atoms with Crippen LogP contribution < -0.4 is 0 Å². The molecule has 0 aromatic rings. The topological polar surface area (TPSA) is 24.7 Å². The molecular formula is C11H18N2. The Morgan fingerprint density at radius 1 is 0.923 bits per heavy atom. The minimum absolute atomic E-state index is 0.922. The third-order valence-electron chi connectivity index (χ3n) is 1.42. The van der Waals surface area contributed by atoms with Gasteiger partial charge in [0, 0.05) is 11.9 Å². The second-order valence-electron chi connectivity index (χ2n) is 2.79. The zero-order valence-electron chi connectivity index (χ0n) is 9.13. The maximum absolute atomic E-state index is 4.38. The molecule has 0 aliphatic heterocycles. The fourth-order valence-corrected chi connectivity index (χ4v) is 0.938. The Morgan fingerprint density at radius 2 is 1.46 bits per heavy atom. The van der Waals surface area contributed by atoms with Gasteiger partial charge in [-0.05, 0) is 34.6 Å². The fourth-order valence-electron chi connectivity index (χ4n) is 0.938. The monoisotopic (exact) mass is 178 g/mol. The molecule has 0 N–H and O–H groups in total. The molecular weight excluding hydrogens is 160 g/mol. The van der Waals surface area contributed by atoms with Crippen molar-refractivity contribution in [3.8, 4) is 0 Å². The van der Waals surface area contributed by atoms with Crippen molar-refractivity contribution in [2.75, 3.05) is 0 Å². The molecule has 0 aliphatic carbocycles. The predicted octanol–water partition coefficient (Wildman–Crippen LogP) is 3.37. The van der Waals surface area contributed by atoms with Crippen LogP contribution in [0.25, 0.3) is 0 Å². The van der Waals surface area contributed by atoms with Gasteiger partial charge in [0.15, 0.2) is 0 Å². The molecule has 13 heavy (non-hydrogen) atoms. The van der Waals surface area contributed by atoms with Crippen LogP contribution in [0.2, 0.25) is 0 Å². The van der Waals surface area contributed by atoms with E-state index in [2.05, 4.69) is 9.98 Å². The first-order valence-corrected chi connectivity index (χ1v) is 4.49. The van der Waals surface area contributed by atoms with Crippen molar-refractivity contribution in [1.82, 2.24) is 0 Å². The Kier molecular flexibility index (Phi) is 5.77. The number of rotatable bonds is 3. The summed E-state index contributed by atoms with van der Waals surface area (Å²) in [5, 5.41) is 0. The van der Waals surface area contributed by atoms with E-state index in [1.807, 2.05) is 46.8 Å². The smallest absolute Gasteiger partial charge is 0.0839 e. The van der Waals surface area contributed by atoms with Gasteiger partial charge in [0.1, 0.15) is 0 Å². The summed E-state index contributed by atoms with van der Waals surface area (Å²) < 4.78 is 0. The summed E-state index contributed by atoms with van der Waals surface area (Å²) in [7, 11) is 0. The van der Waals surface area contributed by atoms with Crippen LogP contribution >= 0.6 is 0 Å². The largest absolute Gasteiger partial charge is 0.260 e. The van der Waals surface area contributed by atoms with Gasteiger partial charge in [-0.15, -0.1) is 0 Å². The maximum atomic E-state index is 4.38. The van der Waals surface area contributed by atoms with Gasteiger partial charge in [0.05, 0.1) is 11.4 Å². The molecule has 0 aromatic heterocycles. The quantitative estimate of drug-likeness (QED) is 0.467. The summed E-state index contributed by atoms with van der Waals surface area (Å²) in [6.45, 7) is 9.79. The maximum Gasteiger partial charge on any atom is 0.0839 e. The Balaban J connectivity index is 4.89. The van der Waals surface area contributed by atoms with Crippen LogP contribution in [0.3, 0.4) is 0 Å². The number of nitrogens with zero attached hydrogens (tertiary/aromatic N) is 2. The van der Waals surface area contributed by atoms with Crippen molar-refractivity contribution < 1.29 is 0 Å². The summed E-state index contributed by atoms with van der Waals surface area (Å²) in [4.78, 5) is 8.61. The third kappa shape index (κ3) is 4.41. The molecule has 0 atom stereocenters. The van der Waals surface area contributed by atoms with E-state index in [1.54, 1.807) is 6.21 Å². The van der Waals surface area contributed by atoms with Crippen LogP contribution in [-0.4, -0.2) is 11.9 Å². The molecule has 0 saturated carbocycles. The lowest BCUT2D eigenvalue weighted by atomic mass is 10.3. The first-order valence-electron chi connectivity index (χ1n) is 4.49. The first kappa shape index (κ1) is 11.8. The van der Waals surface area contributed by atoms with E-state index in [4.69, 9.17) is 0 Å². The molecule has 0 spiro atoms. The van der Waals surface area contributed by atoms with Crippen LogP contribution in [0.4, 0.5) is 0 Å². The highest BCUT2D eigenvalue weighted by molar-refractivity contribution is 5.80. The summed E-state index contributed by atoms with van der Waals surface area (Å²) in [5.41, 5.74) is 2.89. The number of allylic oxidation sites excluding steroid dienone is 2. The summed E-state index contributed by atoms with van der Waals surface area (Å²) >= 11 is 0. The fraction of sp³-hybridized carbons (Fsp3) is 0.455. The van der Waals surface area contributed by atoms with Crippen molar-refractivity contribution in [2.45, 2.75) is 34.6 Å². The van der Waals surface area contributed by atoms with Crippen LogP contribution in [-0.2, 0) is 0 Å². The molecule has 0 radical (unpaired) electrons. The SMILES string of the molecule is CC=NC(=C\C)/C(=C/C)N=C(C)C. The number of hydrogen-bond donors (Lipinski definition) is 0. The highest BCUT2D eigenvalue weighted by atomic mass is 14.8. The van der Waals surface area contributed by atoms with Gasteiger partial charge >= 0.3 is 0 Å². The lowest BCUT2D eigenvalue weighted by Crippen LogP contribution is -1.88. The molecule has 0 unspecified atom stereocenters. The zero-order chi connectivity index (χ0) is 10.3. The van der Waals surface area contributed by atoms with Gasteiger partial charge in [0.2, 0.25) is 0 Å². The van der Waals surface area contributed by atoms with Crippen LogP contribution in [0.1, 0.15) is 34.6 Å². The second kappa shape index (κ2) is 6.35. The molecule has 72 valence electrons. The number of aliphatic imine (C=N–C) groups is 2. The van der Waals surface area contributed by atoms with Crippen molar-refractivity contribution in [3.05, 3.63) is 23.5 Å². The standard InChI is InChI=1S/C11H18N2/c1-6-10(12-8-3)11(7-2)13-9(4)5/h6-8H,1-5H3/b10-6-,11-7-,12-8?. The normalized spacial score (nSPS) is 13.6. The van der Waals surface area contributed by atoms with Crippen molar-refractivity contribution >= 4 is 11.9 Å². The number of hydrogen-bond acceptors (Lipinski definition) is 2. The van der Waals surface area contributed by atoms with Gasteiger partial charge in [0.25, 0.3) is 0 Å². The van der Waals surface area contributed by atoms with Crippen LogP contribution in [0, 0.1) is 0 Å². The lowest BCUT2D eigenvalue weighted by Gasteiger charge is -2.01. The molecule has 0 heterocycles. The molecule has 0 amide bonds. The molecule has 0 rings (SSSR count). The van der Waals surface area contributed by atoms with Gasteiger partial charge in [-0.3, -0.25) is 9.98 Å². The molecule has 0 bridgehead atoms. The van der Waals surface area contributed by atoms with Crippen molar-refractivity contribution in [1.29, 1.82) is 0 Å². The average molecular weight is 178 g/mol. The summed E-state index contributed by atoms with van der Waals surface area (Å²) in [5.74, 6) is 0. The first-order chi connectivity index (χ1) is 6.15. The highest BCUT2D eigenvalue weighted by Crippen LogP contribution is 2.12. The third-order valence-corrected chi connectivity index (χ3v) is 1.42. The molecule has 0 fully saturated rings. The molecule has 0 aromatic carbocycles. The van der Waals surface area contributed by atoms with Crippen molar-refractivity contribution in [2.24, 2.45) is 9.98 Å². The van der Waals surface area contributed by atoms with Crippen LogP contribution in [0.15, 0.2) is 33.5 Å². The Hall–Kier alpha value is -1.18. The van der Waals surface area contributed by atoms with E-state index >= 15 is 0 Å². The minimum atomic E-state index is 0.922. The summed E-state index contributed by atoms with van der Waals surface area (Å²) in [6.07, 6.45) is 5.70. The van der Waals surface area contributed by atoms with Crippen LogP contribution in [0.5, 0.6) is 0 Å². The highest BCUT2D eigenvalue weighted by Gasteiger charge is 1.98. The van der Waals surface area contributed by atoms with Gasteiger partial charge in [-0.2, -0.15) is 0 Å². The average Bonchev–Trinajstić information content (AvgIpc) is 2.10. The second-order valence-corrected chi connectivity index (χ2v) is 2.79. The minimum Gasteiger partial charge on any atom is -0.260 e. The van der Waals surface area contributed by atoms with Gasteiger partial charge in [-0.25, -0.2) is 0 Å². The van der Waals surface area contributed by atoms with E-state index in [1.165, 1.54) is 0 Å². The Bertz CT molecular complexity index is 264. The van der Waals surface area contributed by atoms with Crippen molar-refractivity contribution in [3.63, 3.8) is 0 Å². The molecule has 2 heteroatoms. The van der Waals surface area contributed by atoms with E-state index in [9.17, 15) is 0 Å². The van der Waals surface area contributed by atoms with E-state index in [0.717, 1.165) is 17.1 Å².